The lowest BCUT2D eigenvalue weighted by Gasteiger charge is -2.04. The Hall–Kier alpha value is -0.480. The maximum atomic E-state index is 13.2. The Kier molecular flexibility index (Phi) is 3.81. The molecule has 1 aromatic rings. The monoisotopic (exact) mass is 249 g/mol. The summed E-state index contributed by atoms with van der Waals surface area (Å²) in [6.07, 6.45) is 0.493. The minimum atomic E-state index is -0.811. The zero-order valence-corrected chi connectivity index (χ0v) is 8.79. The fourth-order valence-corrected chi connectivity index (χ4v) is 1.32. The summed E-state index contributed by atoms with van der Waals surface area (Å²) in [4.78, 5) is 0. The normalized spacial score (nSPS) is 10.5. The predicted molar refractivity (Wildman–Crippen MR) is 51.7 cm³/mol. The van der Waals surface area contributed by atoms with Gasteiger partial charge in [-0.3, -0.25) is 0 Å². The van der Waals surface area contributed by atoms with Gasteiger partial charge in [0.05, 0.1) is 4.47 Å². The molecule has 0 aromatic heterocycles. The van der Waals surface area contributed by atoms with Gasteiger partial charge in [0.1, 0.15) is 0 Å². The molecule has 1 N–H and O–H groups in total. The van der Waals surface area contributed by atoms with Gasteiger partial charge in [-0.25, -0.2) is 8.78 Å². The number of nitrogens with one attached hydrogen (secondary N) is 1. The summed E-state index contributed by atoms with van der Waals surface area (Å²) < 4.78 is 26.3. The van der Waals surface area contributed by atoms with Gasteiger partial charge in [-0.15, -0.1) is 0 Å². The SMILES string of the molecule is CNCCc1ccc(Br)c(F)c1F. The molecule has 0 atom stereocenters. The molecular formula is C9H10BrF2N. The van der Waals surface area contributed by atoms with Crippen LogP contribution in [0.15, 0.2) is 16.6 Å². The second kappa shape index (κ2) is 4.67. The highest BCUT2D eigenvalue weighted by Crippen LogP contribution is 2.20. The highest BCUT2D eigenvalue weighted by atomic mass is 79.9. The van der Waals surface area contributed by atoms with Crippen molar-refractivity contribution in [3.63, 3.8) is 0 Å². The second-order valence-electron chi connectivity index (χ2n) is 2.69. The molecule has 0 aliphatic rings. The van der Waals surface area contributed by atoms with Gasteiger partial charge in [-0.05, 0) is 47.6 Å². The first-order valence-electron chi connectivity index (χ1n) is 3.93. The van der Waals surface area contributed by atoms with Crippen molar-refractivity contribution < 1.29 is 8.78 Å². The molecule has 1 rings (SSSR count). The van der Waals surface area contributed by atoms with Crippen LogP contribution in [0.5, 0.6) is 0 Å². The maximum Gasteiger partial charge on any atom is 0.173 e. The molecule has 72 valence electrons. The lowest BCUT2D eigenvalue weighted by molar-refractivity contribution is 0.493. The average Bonchev–Trinajstić information content (AvgIpc) is 2.13. The zero-order valence-electron chi connectivity index (χ0n) is 7.20. The highest BCUT2D eigenvalue weighted by Gasteiger charge is 2.10. The van der Waals surface area contributed by atoms with Gasteiger partial charge in [0, 0.05) is 0 Å². The van der Waals surface area contributed by atoms with Crippen molar-refractivity contribution in [3.8, 4) is 0 Å². The Morgan fingerprint density at radius 2 is 2.00 bits per heavy atom. The van der Waals surface area contributed by atoms with E-state index in [0.29, 0.717) is 18.5 Å². The van der Waals surface area contributed by atoms with Gasteiger partial charge in [0.25, 0.3) is 0 Å². The van der Waals surface area contributed by atoms with E-state index < -0.39 is 11.6 Å². The van der Waals surface area contributed by atoms with Gasteiger partial charge in [0.15, 0.2) is 11.6 Å². The Labute approximate surface area is 84.3 Å². The highest BCUT2D eigenvalue weighted by molar-refractivity contribution is 9.10. The molecule has 0 fully saturated rings. The van der Waals surface area contributed by atoms with E-state index >= 15 is 0 Å². The number of hydrogen-bond acceptors (Lipinski definition) is 1. The minimum Gasteiger partial charge on any atom is -0.319 e. The minimum absolute atomic E-state index is 0.165. The van der Waals surface area contributed by atoms with Crippen LogP contribution in [0.3, 0.4) is 0 Å². The van der Waals surface area contributed by atoms with E-state index in [2.05, 4.69) is 21.2 Å². The van der Waals surface area contributed by atoms with Crippen molar-refractivity contribution in [3.05, 3.63) is 33.8 Å². The summed E-state index contributed by atoms with van der Waals surface area (Å²) in [7, 11) is 1.77. The van der Waals surface area contributed by atoms with Gasteiger partial charge >= 0.3 is 0 Å². The van der Waals surface area contributed by atoms with Crippen LogP contribution in [0, 0.1) is 11.6 Å². The molecule has 0 radical (unpaired) electrons. The molecule has 13 heavy (non-hydrogen) atoms. The molecule has 4 heteroatoms. The van der Waals surface area contributed by atoms with Crippen molar-refractivity contribution in [1.82, 2.24) is 5.32 Å². The van der Waals surface area contributed by atoms with Gasteiger partial charge in [0.2, 0.25) is 0 Å². The summed E-state index contributed by atoms with van der Waals surface area (Å²) in [5, 5.41) is 2.88. The number of benzene rings is 1. The molecule has 0 aliphatic heterocycles. The fraction of sp³-hybridized carbons (Fsp3) is 0.333. The number of rotatable bonds is 3. The fourth-order valence-electron chi connectivity index (χ4n) is 1.02. The van der Waals surface area contributed by atoms with E-state index in [0.717, 1.165) is 0 Å². The molecule has 1 aromatic carbocycles. The molecule has 0 aliphatic carbocycles. The molecule has 0 saturated carbocycles. The molecule has 0 amide bonds. The van der Waals surface area contributed by atoms with Crippen LogP contribution in [0.4, 0.5) is 8.78 Å². The number of hydrogen-bond donors (Lipinski definition) is 1. The Morgan fingerprint density at radius 1 is 1.31 bits per heavy atom. The summed E-state index contributed by atoms with van der Waals surface area (Å²) in [6, 6.07) is 3.10. The molecule has 0 saturated heterocycles. The molecule has 0 heterocycles. The third-order valence-electron chi connectivity index (χ3n) is 1.76. The second-order valence-corrected chi connectivity index (χ2v) is 3.54. The smallest absolute Gasteiger partial charge is 0.173 e. The van der Waals surface area contributed by atoms with Crippen molar-refractivity contribution >= 4 is 15.9 Å². The van der Waals surface area contributed by atoms with Crippen LogP contribution in [-0.4, -0.2) is 13.6 Å². The largest absolute Gasteiger partial charge is 0.319 e. The van der Waals surface area contributed by atoms with E-state index in [1.165, 1.54) is 6.07 Å². The van der Waals surface area contributed by atoms with Crippen LogP contribution < -0.4 is 5.32 Å². The molecule has 1 nitrogen and oxygen atoms in total. The first-order chi connectivity index (χ1) is 6.16. The Balaban J connectivity index is 2.90. The van der Waals surface area contributed by atoms with Crippen LogP contribution in [0.2, 0.25) is 0 Å². The number of halogens is 3. The van der Waals surface area contributed by atoms with Crippen LogP contribution >= 0.6 is 15.9 Å². The van der Waals surface area contributed by atoms with E-state index in [-0.39, 0.29) is 4.47 Å². The molecule has 0 bridgehead atoms. The molecular weight excluding hydrogens is 240 g/mol. The van der Waals surface area contributed by atoms with Crippen LogP contribution in [-0.2, 0) is 6.42 Å². The van der Waals surface area contributed by atoms with Gasteiger partial charge in [-0.1, -0.05) is 6.07 Å². The lowest BCUT2D eigenvalue weighted by atomic mass is 10.1. The summed E-state index contributed by atoms with van der Waals surface area (Å²) in [5.41, 5.74) is 0.398. The molecule has 0 spiro atoms. The lowest BCUT2D eigenvalue weighted by Crippen LogP contribution is -2.11. The quantitative estimate of drug-likeness (QED) is 0.812. The zero-order chi connectivity index (χ0) is 9.84. The first kappa shape index (κ1) is 10.6. The van der Waals surface area contributed by atoms with Crippen LogP contribution in [0.25, 0.3) is 0 Å². The van der Waals surface area contributed by atoms with E-state index in [4.69, 9.17) is 0 Å². The van der Waals surface area contributed by atoms with Crippen molar-refractivity contribution in [1.29, 1.82) is 0 Å². The third-order valence-corrected chi connectivity index (χ3v) is 2.37. The van der Waals surface area contributed by atoms with E-state index in [9.17, 15) is 8.78 Å². The average molecular weight is 250 g/mol. The summed E-state index contributed by atoms with van der Waals surface area (Å²) >= 11 is 2.92. The van der Waals surface area contributed by atoms with E-state index in [1.807, 2.05) is 0 Å². The van der Waals surface area contributed by atoms with Crippen molar-refractivity contribution in [2.24, 2.45) is 0 Å². The third kappa shape index (κ3) is 2.48. The molecule has 0 unspecified atom stereocenters. The van der Waals surface area contributed by atoms with E-state index in [1.54, 1.807) is 13.1 Å². The number of likely N-dealkylation sites (N-methyl/N-ethyl adjacent to an activating group) is 1. The Bertz CT molecular complexity index is 302. The van der Waals surface area contributed by atoms with Crippen LogP contribution in [0.1, 0.15) is 5.56 Å². The summed E-state index contributed by atoms with van der Waals surface area (Å²) in [6.45, 7) is 0.637. The predicted octanol–water partition coefficient (Wildman–Crippen LogP) is 2.49. The summed E-state index contributed by atoms with van der Waals surface area (Å²) in [5.74, 6) is -1.57. The topological polar surface area (TPSA) is 12.0 Å². The van der Waals surface area contributed by atoms with Gasteiger partial charge in [-0.2, -0.15) is 0 Å². The maximum absolute atomic E-state index is 13.2. The van der Waals surface area contributed by atoms with Gasteiger partial charge < -0.3 is 5.32 Å². The standard InChI is InChI=1S/C9H10BrF2N/c1-13-5-4-6-2-3-7(10)9(12)8(6)11/h2-3,13H,4-5H2,1H3. The van der Waals surface area contributed by atoms with Crippen molar-refractivity contribution in [2.45, 2.75) is 6.42 Å². The first-order valence-corrected chi connectivity index (χ1v) is 4.73. The Morgan fingerprint density at radius 3 is 2.62 bits per heavy atom. The van der Waals surface area contributed by atoms with Crippen molar-refractivity contribution in [2.75, 3.05) is 13.6 Å².